The first kappa shape index (κ1) is 13.3. The molecule has 88 valence electrons. The Labute approximate surface area is 102 Å². The van der Waals surface area contributed by atoms with Crippen LogP contribution in [0, 0.1) is 5.82 Å². The van der Waals surface area contributed by atoms with Crippen molar-refractivity contribution in [1.29, 1.82) is 0 Å². The maximum Gasteiger partial charge on any atom is 0.385 e. The van der Waals surface area contributed by atoms with Gasteiger partial charge in [0.05, 0.1) is 12.7 Å². The summed E-state index contributed by atoms with van der Waals surface area (Å²) in [6, 6.07) is 2.12. The number of carbonyl (C=O) groups is 1. The van der Waals surface area contributed by atoms with Crippen molar-refractivity contribution in [3.63, 3.8) is 0 Å². The number of hydrogen-bond acceptors (Lipinski definition) is 2. The van der Waals surface area contributed by atoms with E-state index in [2.05, 4.69) is 32.3 Å². The van der Waals surface area contributed by atoms with Gasteiger partial charge >= 0.3 is 5.38 Å². The van der Waals surface area contributed by atoms with E-state index in [0.717, 1.165) is 13.2 Å². The molecule has 2 nitrogen and oxygen atoms in total. The molecule has 0 heterocycles. The standard InChI is InChI=1S/C9H5BrClF3O2/c1-16-6-3-4(10)2-5(7(6)12)8(15)9(11,13)14/h2-3H,1H3. The normalized spacial score (nSPS) is 11.4. The highest BCUT2D eigenvalue weighted by Gasteiger charge is 2.39. The topological polar surface area (TPSA) is 26.3 Å². The second-order valence-electron chi connectivity index (χ2n) is 2.80. The molecule has 0 aromatic heterocycles. The van der Waals surface area contributed by atoms with Gasteiger partial charge in [0.2, 0.25) is 0 Å². The van der Waals surface area contributed by atoms with Crippen LogP contribution in [0.25, 0.3) is 0 Å². The molecule has 0 atom stereocenters. The first-order chi connectivity index (χ1) is 7.27. The van der Waals surface area contributed by atoms with Crippen molar-refractivity contribution in [2.24, 2.45) is 0 Å². The lowest BCUT2D eigenvalue weighted by atomic mass is 10.1. The van der Waals surface area contributed by atoms with Crippen LogP contribution in [0.1, 0.15) is 10.4 Å². The van der Waals surface area contributed by atoms with Crippen molar-refractivity contribution >= 4 is 33.3 Å². The van der Waals surface area contributed by atoms with E-state index in [-0.39, 0.29) is 10.2 Å². The number of hydrogen-bond donors (Lipinski definition) is 0. The molecule has 16 heavy (non-hydrogen) atoms. The quantitative estimate of drug-likeness (QED) is 0.629. The Balaban J connectivity index is 3.34. The van der Waals surface area contributed by atoms with Crippen LogP contribution in [0.15, 0.2) is 16.6 Å². The molecule has 0 bridgehead atoms. The van der Waals surface area contributed by atoms with E-state index in [1.54, 1.807) is 0 Å². The Kier molecular flexibility index (Phi) is 3.85. The van der Waals surface area contributed by atoms with Gasteiger partial charge in [-0.1, -0.05) is 15.9 Å². The minimum Gasteiger partial charge on any atom is -0.494 e. The first-order valence-electron chi connectivity index (χ1n) is 3.92. The zero-order chi connectivity index (χ0) is 12.5. The maximum absolute atomic E-state index is 13.5. The number of ether oxygens (including phenoxy) is 1. The molecule has 0 aliphatic rings. The van der Waals surface area contributed by atoms with Crippen molar-refractivity contribution in [2.45, 2.75) is 5.38 Å². The number of ketones is 1. The number of carbonyl (C=O) groups excluding carboxylic acids is 1. The molecule has 1 aromatic carbocycles. The molecule has 0 amide bonds. The van der Waals surface area contributed by atoms with Crippen LogP contribution < -0.4 is 4.74 Å². The van der Waals surface area contributed by atoms with Crippen molar-refractivity contribution in [2.75, 3.05) is 7.11 Å². The summed E-state index contributed by atoms with van der Waals surface area (Å²) in [5.74, 6) is -3.30. The molecule has 1 aromatic rings. The second-order valence-corrected chi connectivity index (χ2v) is 4.19. The molecule has 1 rings (SSSR count). The number of Topliss-reactive ketones (excluding diaryl/α,β-unsaturated/α-hetero) is 1. The Morgan fingerprint density at radius 3 is 2.50 bits per heavy atom. The van der Waals surface area contributed by atoms with Crippen LogP contribution in [0.2, 0.25) is 0 Å². The fourth-order valence-electron chi connectivity index (χ4n) is 1.03. The van der Waals surface area contributed by atoms with Gasteiger partial charge in [-0.25, -0.2) is 4.39 Å². The van der Waals surface area contributed by atoms with Gasteiger partial charge in [-0.15, -0.1) is 0 Å². The maximum atomic E-state index is 13.5. The van der Waals surface area contributed by atoms with E-state index in [1.807, 2.05) is 0 Å². The van der Waals surface area contributed by atoms with Crippen molar-refractivity contribution in [1.82, 2.24) is 0 Å². The van der Waals surface area contributed by atoms with Crippen molar-refractivity contribution < 1.29 is 22.7 Å². The van der Waals surface area contributed by atoms with Gasteiger partial charge < -0.3 is 4.74 Å². The molecule has 0 spiro atoms. The van der Waals surface area contributed by atoms with Crippen molar-refractivity contribution in [3.8, 4) is 5.75 Å². The smallest absolute Gasteiger partial charge is 0.385 e. The van der Waals surface area contributed by atoms with Crippen LogP contribution in [0.5, 0.6) is 5.75 Å². The van der Waals surface area contributed by atoms with Crippen LogP contribution in [0.4, 0.5) is 13.2 Å². The Morgan fingerprint density at radius 2 is 2.06 bits per heavy atom. The van der Waals surface area contributed by atoms with E-state index < -0.39 is 22.5 Å². The molecule has 0 unspecified atom stereocenters. The molecule has 0 saturated carbocycles. The summed E-state index contributed by atoms with van der Waals surface area (Å²) in [5, 5.41) is -4.15. The summed E-state index contributed by atoms with van der Waals surface area (Å²) in [6.45, 7) is 0. The van der Waals surface area contributed by atoms with Crippen molar-refractivity contribution in [3.05, 3.63) is 28.0 Å². The highest BCUT2D eigenvalue weighted by Crippen LogP contribution is 2.31. The minimum absolute atomic E-state index is 0.231. The monoisotopic (exact) mass is 316 g/mol. The molecule has 0 radical (unpaired) electrons. The summed E-state index contributed by atoms with van der Waals surface area (Å²) in [5.41, 5.74) is -0.828. The molecule has 0 fully saturated rings. The van der Waals surface area contributed by atoms with E-state index in [9.17, 15) is 18.0 Å². The minimum atomic E-state index is -4.15. The number of rotatable bonds is 3. The largest absolute Gasteiger partial charge is 0.494 e. The van der Waals surface area contributed by atoms with Gasteiger partial charge in [-0.2, -0.15) is 8.78 Å². The zero-order valence-electron chi connectivity index (χ0n) is 7.86. The summed E-state index contributed by atoms with van der Waals surface area (Å²) in [7, 11) is 1.15. The fraction of sp³-hybridized carbons (Fsp3) is 0.222. The van der Waals surface area contributed by atoms with Gasteiger partial charge in [-0.3, -0.25) is 4.79 Å². The molecular weight excluding hydrogens is 312 g/mol. The average molecular weight is 317 g/mol. The molecular formula is C9H5BrClF3O2. The summed E-state index contributed by atoms with van der Waals surface area (Å²) in [4.78, 5) is 11.1. The van der Waals surface area contributed by atoms with E-state index in [4.69, 9.17) is 0 Å². The summed E-state index contributed by atoms with van der Waals surface area (Å²) in [6.07, 6.45) is 0. The van der Waals surface area contributed by atoms with Gasteiger partial charge in [0.1, 0.15) is 0 Å². The second kappa shape index (κ2) is 4.63. The third-order valence-electron chi connectivity index (χ3n) is 1.73. The van der Waals surface area contributed by atoms with Gasteiger partial charge in [0, 0.05) is 4.47 Å². The predicted octanol–water partition coefficient (Wildman–Crippen LogP) is 3.61. The third kappa shape index (κ3) is 2.68. The molecule has 0 saturated heterocycles. The summed E-state index contributed by atoms with van der Waals surface area (Å²) >= 11 is 7.47. The fourth-order valence-corrected chi connectivity index (χ4v) is 1.57. The highest BCUT2D eigenvalue weighted by atomic mass is 79.9. The Morgan fingerprint density at radius 1 is 1.50 bits per heavy atom. The van der Waals surface area contributed by atoms with E-state index in [1.165, 1.54) is 6.07 Å². The van der Waals surface area contributed by atoms with E-state index >= 15 is 0 Å². The summed E-state index contributed by atoms with van der Waals surface area (Å²) < 4.78 is 43.4. The van der Waals surface area contributed by atoms with Gasteiger partial charge in [-0.05, 0) is 23.7 Å². The Bertz CT molecular complexity index is 431. The third-order valence-corrected chi connectivity index (χ3v) is 2.36. The predicted molar refractivity (Wildman–Crippen MR) is 55.8 cm³/mol. The first-order valence-corrected chi connectivity index (χ1v) is 5.09. The number of methoxy groups -OCH3 is 1. The highest BCUT2D eigenvalue weighted by molar-refractivity contribution is 9.10. The van der Waals surface area contributed by atoms with Crippen LogP contribution in [-0.4, -0.2) is 18.3 Å². The SMILES string of the molecule is COc1cc(Br)cc(C(=O)C(F)(F)Cl)c1F. The lowest BCUT2D eigenvalue weighted by Crippen LogP contribution is -2.22. The van der Waals surface area contributed by atoms with Gasteiger partial charge in [0.15, 0.2) is 11.6 Å². The molecule has 0 aliphatic carbocycles. The Hall–Kier alpha value is -0.750. The number of halogens is 5. The number of benzene rings is 1. The lowest BCUT2D eigenvalue weighted by Gasteiger charge is -2.10. The molecule has 0 aliphatic heterocycles. The number of alkyl halides is 3. The van der Waals surface area contributed by atoms with Crippen LogP contribution in [-0.2, 0) is 0 Å². The lowest BCUT2D eigenvalue weighted by molar-refractivity contribution is 0.0531. The zero-order valence-corrected chi connectivity index (χ0v) is 10.2. The van der Waals surface area contributed by atoms with Gasteiger partial charge in [0.25, 0.3) is 5.78 Å². The molecule has 0 N–H and O–H groups in total. The molecule has 7 heteroatoms. The van der Waals surface area contributed by atoms with Crippen LogP contribution >= 0.6 is 27.5 Å². The van der Waals surface area contributed by atoms with Crippen LogP contribution in [0.3, 0.4) is 0 Å². The average Bonchev–Trinajstić information content (AvgIpc) is 2.18. The van der Waals surface area contributed by atoms with E-state index in [0.29, 0.717) is 0 Å².